The van der Waals surface area contributed by atoms with Crippen molar-refractivity contribution in [3.8, 4) is 5.75 Å². The second-order valence-corrected chi connectivity index (χ2v) is 6.99. The highest BCUT2D eigenvalue weighted by atomic mass is 16.5. The van der Waals surface area contributed by atoms with Gasteiger partial charge in [0.25, 0.3) is 11.8 Å². The normalized spacial score (nSPS) is 13.9. The molecule has 8 heteroatoms. The summed E-state index contributed by atoms with van der Waals surface area (Å²) in [6.45, 7) is 3.96. The predicted molar refractivity (Wildman–Crippen MR) is 108 cm³/mol. The molecule has 0 bridgehead atoms. The largest absolute Gasteiger partial charge is 0.485 e. The maximum atomic E-state index is 12.8. The van der Waals surface area contributed by atoms with Crippen molar-refractivity contribution in [3.05, 3.63) is 77.4 Å². The van der Waals surface area contributed by atoms with Crippen LogP contribution in [-0.2, 0) is 6.61 Å². The van der Waals surface area contributed by atoms with Gasteiger partial charge in [-0.25, -0.2) is 0 Å². The molecule has 8 nitrogen and oxygen atoms in total. The Kier molecular flexibility index (Phi) is 5.74. The molecule has 1 aromatic heterocycles. The Morgan fingerprint density at radius 1 is 0.900 bits per heavy atom. The standard InChI is InChI=1S/C22H22N4O4/c1-16-23-20(24-30-16)15-29-19-9-7-18(8-10-19)22(28)26-13-11-25(12-14-26)21(27)17-5-3-2-4-6-17/h2-10H,11-15H2,1H3. The van der Waals surface area contributed by atoms with E-state index in [2.05, 4.69) is 10.1 Å². The zero-order valence-electron chi connectivity index (χ0n) is 16.7. The molecule has 4 rings (SSSR count). The SMILES string of the molecule is Cc1nc(COc2ccc(C(=O)N3CCN(C(=O)c4ccccc4)CC3)cc2)no1. The van der Waals surface area contributed by atoms with E-state index in [0.717, 1.165) is 0 Å². The monoisotopic (exact) mass is 406 g/mol. The summed E-state index contributed by atoms with van der Waals surface area (Å²) in [4.78, 5) is 33.0. The third kappa shape index (κ3) is 4.48. The number of amides is 2. The first-order valence-corrected chi connectivity index (χ1v) is 9.76. The summed E-state index contributed by atoms with van der Waals surface area (Å²) in [5.41, 5.74) is 1.25. The summed E-state index contributed by atoms with van der Waals surface area (Å²) in [7, 11) is 0. The number of hydrogen-bond donors (Lipinski definition) is 0. The zero-order valence-corrected chi connectivity index (χ0v) is 16.7. The fourth-order valence-corrected chi connectivity index (χ4v) is 3.30. The van der Waals surface area contributed by atoms with Gasteiger partial charge in [0, 0.05) is 44.2 Å². The van der Waals surface area contributed by atoms with E-state index in [1.165, 1.54) is 0 Å². The predicted octanol–water partition coefficient (Wildman–Crippen LogP) is 2.56. The van der Waals surface area contributed by atoms with Gasteiger partial charge in [0.15, 0.2) is 6.61 Å². The molecule has 0 aliphatic carbocycles. The molecule has 0 spiro atoms. The highest BCUT2D eigenvalue weighted by Gasteiger charge is 2.25. The molecule has 2 heterocycles. The summed E-state index contributed by atoms with van der Waals surface area (Å²) < 4.78 is 10.5. The van der Waals surface area contributed by atoms with Gasteiger partial charge in [0.2, 0.25) is 11.7 Å². The summed E-state index contributed by atoms with van der Waals surface area (Å²) >= 11 is 0. The summed E-state index contributed by atoms with van der Waals surface area (Å²) in [6, 6.07) is 16.2. The van der Waals surface area contributed by atoms with E-state index < -0.39 is 0 Å². The van der Waals surface area contributed by atoms with Crippen LogP contribution in [0.25, 0.3) is 0 Å². The van der Waals surface area contributed by atoms with Gasteiger partial charge >= 0.3 is 0 Å². The Hall–Kier alpha value is -3.68. The van der Waals surface area contributed by atoms with Crippen molar-refractivity contribution in [2.24, 2.45) is 0 Å². The fraction of sp³-hybridized carbons (Fsp3) is 0.273. The van der Waals surface area contributed by atoms with Crippen molar-refractivity contribution in [2.75, 3.05) is 26.2 Å². The lowest BCUT2D eigenvalue weighted by Crippen LogP contribution is -2.50. The molecule has 0 unspecified atom stereocenters. The molecule has 0 radical (unpaired) electrons. The second-order valence-electron chi connectivity index (χ2n) is 6.99. The quantitative estimate of drug-likeness (QED) is 0.647. The summed E-state index contributed by atoms with van der Waals surface area (Å²) in [5.74, 6) is 1.52. The summed E-state index contributed by atoms with van der Waals surface area (Å²) in [6.07, 6.45) is 0. The van der Waals surface area contributed by atoms with Gasteiger partial charge in [0.05, 0.1) is 0 Å². The number of piperazine rings is 1. The van der Waals surface area contributed by atoms with Crippen LogP contribution in [0, 0.1) is 6.92 Å². The molecule has 2 amide bonds. The van der Waals surface area contributed by atoms with E-state index in [1.54, 1.807) is 41.0 Å². The van der Waals surface area contributed by atoms with E-state index in [0.29, 0.717) is 54.8 Å². The number of ether oxygens (including phenoxy) is 1. The maximum absolute atomic E-state index is 12.8. The molecule has 0 saturated carbocycles. The number of rotatable bonds is 5. The maximum Gasteiger partial charge on any atom is 0.253 e. The van der Waals surface area contributed by atoms with Crippen molar-refractivity contribution in [2.45, 2.75) is 13.5 Å². The molecular weight excluding hydrogens is 384 g/mol. The van der Waals surface area contributed by atoms with Crippen LogP contribution >= 0.6 is 0 Å². The fourth-order valence-electron chi connectivity index (χ4n) is 3.30. The third-order valence-electron chi connectivity index (χ3n) is 4.91. The lowest BCUT2D eigenvalue weighted by Gasteiger charge is -2.34. The molecule has 0 N–H and O–H groups in total. The van der Waals surface area contributed by atoms with Gasteiger partial charge in [-0.3, -0.25) is 9.59 Å². The van der Waals surface area contributed by atoms with Gasteiger partial charge in [0.1, 0.15) is 5.75 Å². The average Bonchev–Trinajstić information content (AvgIpc) is 3.23. The Balaban J connectivity index is 1.30. The van der Waals surface area contributed by atoms with Crippen molar-refractivity contribution in [1.82, 2.24) is 19.9 Å². The zero-order chi connectivity index (χ0) is 20.9. The average molecular weight is 406 g/mol. The molecule has 1 fully saturated rings. The van der Waals surface area contributed by atoms with Crippen LogP contribution in [0.3, 0.4) is 0 Å². The first-order chi connectivity index (χ1) is 14.6. The van der Waals surface area contributed by atoms with Crippen LogP contribution in [0.5, 0.6) is 5.75 Å². The van der Waals surface area contributed by atoms with Crippen LogP contribution < -0.4 is 4.74 Å². The molecule has 154 valence electrons. The molecule has 1 aliphatic heterocycles. The van der Waals surface area contributed by atoms with Gasteiger partial charge < -0.3 is 19.1 Å². The van der Waals surface area contributed by atoms with Crippen molar-refractivity contribution in [1.29, 1.82) is 0 Å². The van der Waals surface area contributed by atoms with Crippen molar-refractivity contribution in [3.63, 3.8) is 0 Å². The molecule has 2 aromatic carbocycles. The van der Waals surface area contributed by atoms with Crippen LogP contribution in [0.15, 0.2) is 59.1 Å². The van der Waals surface area contributed by atoms with E-state index in [4.69, 9.17) is 9.26 Å². The number of nitrogens with zero attached hydrogens (tertiary/aromatic N) is 4. The minimum absolute atomic E-state index is 0.000923. The number of aromatic nitrogens is 2. The minimum atomic E-state index is -0.0536. The first kappa shape index (κ1) is 19.6. The minimum Gasteiger partial charge on any atom is -0.485 e. The first-order valence-electron chi connectivity index (χ1n) is 9.76. The molecule has 3 aromatic rings. The third-order valence-corrected chi connectivity index (χ3v) is 4.91. The van der Waals surface area contributed by atoms with E-state index in [-0.39, 0.29) is 18.4 Å². The van der Waals surface area contributed by atoms with Crippen molar-refractivity contribution < 1.29 is 18.8 Å². The smallest absolute Gasteiger partial charge is 0.253 e. The van der Waals surface area contributed by atoms with E-state index in [9.17, 15) is 9.59 Å². The Morgan fingerprint density at radius 3 is 2.00 bits per heavy atom. The number of hydrogen-bond acceptors (Lipinski definition) is 6. The Labute approximate surface area is 174 Å². The van der Waals surface area contributed by atoms with Crippen LogP contribution in [-0.4, -0.2) is 57.9 Å². The van der Waals surface area contributed by atoms with E-state index in [1.807, 2.05) is 30.3 Å². The van der Waals surface area contributed by atoms with Crippen LogP contribution in [0.2, 0.25) is 0 Å². The Morgan fingerprint density at radius 2 is 1.47 bits per heavy atom. The lowest BCUT2D eigenvalue weighted by molar-refractivity contribution is 0.0535. The molecule has 1 aliphatic rings. The molecule has 30 heavy (non-hydrogen) atoms. The topological polar surface area (TPSA) is 88.8 Å². The second kappa shape index (κ2) is 8.77. The van der Waals surface area contributed by atoms with Crippen LogP contribution in [0.4, 0.5) is 0 Å². The number of benzene rings is 2. The Bertz CT molecular complexity index is 1010. The van der Waals surface area contributed by atoms with Gasteiger partial charge in [-0.05, 0) is 36.4 Å². The highest BCUT2D eigenvalue weighted by molar-refractivity contribution is 5.96. The molecular formula is C22H22N4O4. The molecule has 1 saturated heterocycles. The highest BCUT2D eigenvalue weighted by Crippen LogP contribution is 2.16. The lowest BCUT2D eigenvalue weighted by atomic mass is 10.1. The molecule has 0 atom stereocenters. The van der Waals surface area contributed by atoms with Crippen molar-refractivity contribution >= 4 is 11.8 Å². The van der Waals surface area contributed by atoms with Gasteiger partial charge in [-0.1, -0.05) is 23.4 Å². The van der Waals surface area contributed by atoms with Crippen LogP contribution in [0.1, 0.15) is 32.4 Å². The van der Waals surface area contributed by atoms with Gasteiger partial charge in [-0.2, -0.15) is 4.98 Å². The number of carbonyl (C=O) groups is 2. The number of aryl methyl sites for hydroxylation is 1. The number of carbonyl (C=O) groups excluding carboxylic acids is 2. The summed E-state index contributed by atoms with van der Waals surface area (Å²) in [5, 5.41) is 3.78. The van der Waals surface area contributed by atoms with Gasteiger partial charge in [-0.15, -0.1) is 0 Å². The van der Waals surface area contributed by atoms with E-state index >= 15 is 0 Å².